The molecule has 2 heterocycles. The maximum Gasteiger partial charge on any atom is 0.311 e. The van der Waals surface area contributed by atoms with Crippen molar-refractivity contribution in [3.8, 4) is 0 Å². The van der Waals surface area contributed by atoms with E-state index >= 15 is 0 Å². The Kier molecular flexibility index (Phi) is 13.7. The Balaban J connectivity index is 2.41. The molecule has 240 valence electrons. The molecule has 2 aliphatic rings. The highest BCUT2D eigenvalue weighted by molar-refractivity contribution is 5.72. The van der Waals surface area contributed by atoms with Crippen LogP contribution in [-0.4, -0.2) is 115 Å². The van der Waals surface area contributed by atoms with Crippen LogP contribution in [-0.2, 0) is 23.7 Å². The molecule has 5 unspecified atom stereocenters. The first-order valence-electron chi connectivity index (χ1n) is 15.5. The zero-order valence-electron chi connectivity index (χ0n) is 27.5. The van der Waals surface area contributed by atoms with E-state index in [9.17, 15) is 15.0 Å². The molecule has 2 aliphatic heterocycles. The molecule has 0 radical (unpaired) electrons. The van der Waals surface area contributed by atoms with Gasteiger partial charge in [-0.25, -0.2) is 0 Å². The summed E-state index contributed by atoms with van der Waals surface area (Å²) in [6.45, 7) is 19.1. The van der Waals surface area contributed by atoms with Gasteiger partial charge in [0.15, 0.2) is 6.29 Å². The van der Waals surface area contributed by atoms with Gasteiger partial charge in [0, 0.05) is 31.5 Å². The molecule has 0 amide bonds. The van der Waals surface area contributed by atoms with Gasteiger partial charge in [0.1, 0.15) is 12.2 Å². The van der Waals surface area contributed by atoms with Crippen LogP contribution in [0, 0.1) is 17.8 Å². The highest BCUT2D eigenvalue weighted by Crippen LogP contribution is 2.35. The van der Waals surface area contributed by atoms with Crippen LogP contribution in [0.5, 0.6) is 0 Å². The lowest BCUT2D eigenvalue weighted by Gasteiger charge is -2.47. The molecule has 2 saturated heterocycles. The maximum atomic E-state index is 12.9. The van der Waals surface area contributed by atoms with Crippen molar-refractivity contribution in [2.75, 3.05) is 47.4 Å². The van der Waals surface area contributed by atoms with Crippen LogP contribution in [0.15, 0.2) is 12.2 Å². The van der Waals surface area contributed by atoms with Gasteiger partial charge in [0.2, 0.25) is 0 Å². The number of carbonyl (C=O) groups is 1. The Morgan fingerprint density at radius 1 is 1.27 bits per heavy atom. The number of esters is 1. The van der Waals surface area contributed by atoms with Crippen molar-refractivity contribution in [1.82, 2.24) is 9.80 Å². The summed E-state index contributed by atoms with van der Waals surface area (Å²) >= 11 is 0. The average molecular weight is 585 g/mol. The number of carbonyl (C=O) groups excluding carboxylic acids is 1. The summed E-state index contributed by atoms with van der Waals surface area (Å²) in [4.78, 5) is 17.4. The lowest BCUT2D eigenvalue weighted by Crippen LogP contribution is -2.59. The lowest BCUT2D eigenvalue weighted by atomic mass is 9.81. The molecule has 2 fully saturated rings. The van der Waals surface area contributed by atoms with Gasteiger partial charge >= 0.3 is 5.97 Å². The van der Waals surface area contributed by atoms with Crippen molar-refractivity contribution >= 4 is 5.97 Å². The van der Waals surface area contributed by atoms with Crippen LogP contribution in [0.25, 0.3) is 0 Å². The van der Waals surface area contributed by atoms with Gasteiger partial charge in [-0.2, -0.15) is 0 Å². The first-order valence-corrected chi connectivity index (χ1v) is 15.5. The Hall–Kier alpha value is -1.07. The number of likely N-dealkylation sites (N-methyl/N-ethyl adjacent to an activating group) is 1. The van der Waals surface area contributed by atoms with Gasteiger partial charge in [0.05, 0.1) is 36.4 Å². The number of aliphatic hydroxyl groups is 2. The van der Waals surface area contributed by atoms with Crippen LogP contribution in [0.3, 0.4) is 0 Å². The number of aliphatic hydroxyl groups excluding tert-OH is 1. The van der Waals surface area contributed by atoms with Gasteiger partial charge in [-0.05, 0) is 87.4 Å². The Bertz CT molecular complexity index is 831. The monoisotopic (exact) mass is 584 g/mol. The average Bonchev–Trinajstić information content (AvgIpc) is 2.88. The van der Waals surface area contributed by atoms with Gasteiger partial charge in [-0.1, -0.05) is 26.0 Å². The fourth-order valence-electron chi connectivity index (χ4n) is 6.20. The first kappa shape index (κ1) is 36.1. The zero-order chi connectivity index (χ0) is 31.1. The molecule has 0 spiro atoms. The number of hydrogen-bond acceptors (Lipinski definition) is 9. The summed E-state index contributed by atoms with van der Waals surface area (Å²) < 4.78 is 25.2. The van der Waals surface area contributed by atoms with Crippen molar-refractivity contribution in [2.45, 2.75) is 122 Å². The van der Waals surface area contributed by atoms with Crippen LogP contribution >= 0.6 is 0 Å². The van der Waals surface area contributed by atoms with Crippen LogP contribution in [0.4, 0.5) is 0 Å². The number of nitrogens with zero attached hydrogens (tertiary/aromatic N) is 2. The number of rotatable bonds is 10. The van der Waals surface area contributed by atoms with E-state index in [2.05, 4.69) is 51.4 Å². The van der Waals surface area contributed by atoms with Crippen molar-refractivity contribution in [1.29, 1.82) is 0 Å². The second kappa shape index (κ2) is 15.6. The largest absolute Gasteiger partial charge is 0.462 e. The standard InChI is InChI=1S/C32H60N2O7/c1-21-13-12-14-22(2)18-39-32(8,19-34(11)17-21)29(41-27-16-26(33(9)10)15-23(3)40-27)24(4)28(35)25(5)30(36)38-20-31(6,7)37/h21,23-29,35,37H,2,12-20H2,1,3-11H3/t21?,23?,24-,25?,26?,27?,28-,29+,32+/m0/s1. The molecule has 9 atom stereocenters. The maximum absolute atomic E-state index is 12.9. The second-order valence-corrected chi connectivity index (χ2v) is 14.1. The molecule has 0 aliphatic carbocycles. The van der Waals surface area contributed by atoms with Crippen LogP contribution in [0.2, 0.25) is 0 Å². The number of ether oxygens (including phenoxy) is 4. The highest BCUT2D eigenvalue weighted by Gasteiger charge is 2.47. The van der Waals surface area contributed by atoms with E-state index in [0.29, 0.717) is 31.5 Å². The van der Waals surface area contributed by atoms with E-state index < -0.39 is 47.5 Å². The fourth-order valence-corrected chi connectivity index (χ4v) is 6.20. The van der Waals surface area contributed by atoms with Gasteiger partial charge in [-0.15, -0.1) is 0 Å². The van der Waals surface area contributed by atoms with Gasteiger partial charge < -0.3 is 39.0 Å². The van der Waals surface area contributed by atoms with Gasteiger partial charge in [0.25, 0.3) is 0 Å². The predicted octanol–water partition coefficient (Wildman–Crippen LogP) is 3.86. The molecular weight excluding hydrogens is 524 g/mol. The third-order valence-corrected chi connectivity index (χ3v) is 8.59. The molecule has 2 N–H and O–H groups in total. The summed E-state index contributed by atoms with van der Waals surface area (Å²) in [6, 6.07) is 0.296. The Morgan fingerprint density at radius 2 is 1.93 bits per heavy atom. The van der Waals surface area contributed by atoms with Crippen LogP contribution < -0.4 is 0 Å². The molecule has 0 saturated carbocycles. The minimum Gasteiger partial charge on any atom is -0.462 e. The van der Waals surface area contributed by atoms with Crippen molar-refractivity contribution in [3.63, 3.8) is 0 Å². The SMILES string of the molecule is C=C1CCCC(C)CN(C)C[C@](C)([C@H](OC2CC(N(C)C)CC(C)O2)[C@@H](C)[C@H](O)C(C)C(=O)OCC(C)(C)O)OC1. The molecular formula is C32H60N2O7. The topological polar surface area (TPSA) is 101 Å². The lowest BCUT2D eigenvalue weighted by molar-refractivity contribution is -0.272. The van der Waals surface area contributed by atoms with E-state index in [4.69, 9.17) is 18.9 Å². The third kappa shape index (κ3) is 11.5. The first-order chi connectivity index (χ1) is 18.9. The van der Waals surface area contributed by atoms with E-state index in [1.165, 1.54) is 0 Å². The Morgan fingerprint density at radius 3 is 2.54 bits per heavy atom. The van der Waals surface area contributed by atoms with Crippen molar-refractivity contribution < 1.29 is 34.0 Å². The van der Waals surface area contributed by atoms with Crippen molar-refractivity contribution in [3.05, 3.63) is 12.2 Å². The molecule has 0 aromatic heterocycles. The normalized spacial score (nSPS) is 32.6. The quantitative estimate of drug-likeness (QED) is 0.293. The molecule has 0 aromatic carbocycles. The second-order valence-electron chi connectivity index (χ2n) is 14.1. The van der Waals surface area contributed by atoms with Gasteiger partial charge in [-0.3, -0.25) is 4.79 Å². The molecule has 41 heavy (non-hydrogen) atoms. The van der Waals surface area contributed by atoms with Crippen LogP contribution in [0.1, 0.15) is 80.6 Å². The minimum atomic E-state index is -1.16. The minimum absolute atomic E-state index is 0.0161. The van der Waals surface area contributed by atoms with E-state index in [-0.39, 0.29) is 12.7 Å². The predicted molar refractivity (Wildman–Crippen MR) is 162 cm³/mol. The summed E-state index contributed by atoms with van der Waals surface area (Å²) in [6.07, 6.45) is 2.55. The van der Waals surface area contributed by atoms with E-state index in [0.717, 1.165) is 37.8 Å². The molecule has 2 rings (SSSR count). The molecule has 9 heteroatoms. The zero-order valence-corrected chi connectivity index (χ0v) is 27.5. The fraction of sp³-hybridized carbons (Fsp3) is 0.906. The molecule has 0 aromatic rings. The molecule has 9 nitrogen and oxygen atoms in total. The summed E-state index contributed by atoms with van der Waals surface area (Å²) in [5.41, 5.74) is -0.953. The van der Waals surface area contributed by atoms with E-state index in [1.807, 2.05) is 13.8 Å². The van der Waals surface area contributed by atoms with Crippen molar-refractivity contribution in [2.24, 2.45) is 17.8 Å². The summed E-state index contributed by atoms with van der Waals surface area (Å²) in [7, 11) is 6.24. The number of hydrogen-bond donors (Lipinski definition) is 2. The Labute approximate surface area is 249 Å². The third-order valence-electron chi connectivity index (χ3n) is 8.59. The molecule has 0 bridgehead atoms. The smallest absolute Gasteiger partial charge is 0.311 e. The highest BCUT2D eigenvalue weighted by atomic mass is 16.7. The summed E-state index contributed by atoms with van der Waals surface area (Å²) in [5.74, 6) is -1.38. The summed E-state index contributed by atoms with van der Waals surface area (Å²) in [5, 5.41) is 21.6. The van der Waals surface area contributed by atoms with E-state index in [1.54, 1.807) is 20.8 Å².